The van der Waals surface area contributed by atoms with Crippen LogP contribution in [0.5, 0.6) is 11.5 Å². The highest BCUT2D eigenvalue weighted by atomic mass is 19.4. The Balaban J connectivity index is 1.99. The van der Waals surface area contributed by atoms with Gasteiger partial charge in [0.25, 0.3) is 11.5 Å². The third kappa shape index (κ3) is 5.15. The Hall–Kier alpha value is -3.54. The Kier molecular flexibility index (Phi) is 6.20. The van der Waals surface area contributed by atoms with Gasteiger partial charge in [-0.3, -0.25) is 14.4 Å². The van der Waals surface area contributed by atoms with Gasteiger partial charge in [-0.05, 0) is 17.7 Å². The summed E-state index contributed by atoms with van der Waals surface area (Å²) in [4.78, 5) is 36.0. The smallest absolute Gasteiger partial charge is 0.506 e. The van der Waals surface area contributed by atoms with Crippen LogP contribution in [0.2, 0.25) is 0 Å². The molecule has 0 aliphatic carbocycles. The number of halogens is 3. The zero-order chi connectivity index (χ0) is 22.8. The summed E-state index contributed by atoms with van der Waals surface area (Å²) in [6, 6.07) is 4.83. The number of amides is 1. The molecule has 1 aliphatic rings. The molecule has 1 aromatic carbocycles. The molecule has 0 saturated carbocycles. The van der Waals surface area contributed by atoms with Gasteiger partial charge in [0, 0.05) is 17.7 Å². The molecule has 0 atom stereocenters. The number of benzene rings is 1. The van der Waals surface area contributed by atoms with Crippen molar-refractivity contribution in [3.8, 4) is 11.5 Å². The number of ether oxygens (including phenoxy) is 2. The molecule has 2 aromatic rings. The number of pyridine rings is 1. The summed E-state index contributed by atoms with van der Waals surface area (Å²) in [5, 5.41) is 21.2. The van der Waals surface area contributed by atoms with E-state index < -0.39 is 47.4 Å². The van der Waals surface area contributed by atoms with E-state index in [2.05, 4.69) is 4.74 Å². The molecule has 0 saturated heterocycles. The van der Waals surface area contributed by atoms with Gasteiger partial charge < -0.3 is 29.6 Å². The highest BCUT2D eigenvalue weighted by Crippen LogP contribution is 2.29. The first-order valence-corrected chi connectivity index (χ1v) is 8.96. The Morgan fingerprint density at radius 2 is 1.90 bits per heavy atom. The summed E-state index contributed by atoms with van der Waals surface area (Å²) in [5.74, 6) is -3.43. The van der Waals surface area contributed by atoms with Crippen molar-refractivity contribution in [2.24, 2.45) is 0 Å². The first-order chi connectivity index (χ1) is 14.6. The second kappa shape index (κ2) is 8.68. The maximum absolute atomic E-state index is 13.0. The molecule has 0 fully saturated rings. The fourth-order valence-corrected chi connectivity index (χ4v) is 3.19. The van der Waals surface area contributed by atoms with Crippen molar-refractivity contribution < 1.29 is 42.4 Å². The largest absolute Gasteiger partial charge is 0.573 e. The number of carbonyl (C=O) groups excluding carboxylic acids is 1. The molecule has 12 heteroatoms. The first-order valence-electron chi connectivity index (χ1n) is 8.96. The van der Waals surface area contributed by atoms with Crippen molar-refractivity contribution in [3.05, 3.63) is 57.0 Å². The third-order valence-electron chi connectivity index (χ3n) is 4.51. The minimum Gasteiger partial charge on any atom is -0.506 e. The van der Waals surface area contributed by atoms with Gasteiger partial charge in [-0.15, -0.1) is 13.2 Å². The number of rotatable bonds is 6. The van der Waals surface area contributed by atoms with Gasteiger partial charge in [0.05, 0.1) is 19.8 Å². The summed E-state index contributed by atoms with van der Waals surface area (Å²) < 4.78 is 47.3. The maximum Gasteiger partial charge on any atom is 0.573 e. The summed E-state index contributed by atoms with van der Waals surface area (Å²) in [5.41, 5.74) is -0.436. The van der Waals surface area contributed by atoms with Crippen LogP contribution in [0.1, 0.15) is 27.2 Å². The molecular weight excluding hydrogens is 425 g/mol. The van der Waals surface area contributed by atoms with Gasteiger partial charge >= 0.3 is 12.3 Å². The number of hydrogen-bond donors (Lipinski definition) is 3. The number of aliphatic carboxylic acids is 1. The van der Waals surface area contributed by atoms with Crippen molar-refractivity contribution in [3.63, 3.8) is 0 Å². The third-order valence-corrected chi connectivity index (χ3v) is 4.51. The van der Waals surface area contributed by atoms with E-state index in [9.17, 15) is 32.7 Å². The predicted molar refractivity (Wildman–Crippen MR) is 97.9 cm³/mol. The summed E-state index contributed by atoms with van der Waals surface area (Å²) in [7, 11) is 0. The van der Waals surface area contributed by atoms with Gasteiger partial charge in [-0.25, -0.2) is 0 Å². The predicted octanol–water partition coefficient (Wildman–Crippen LogP) is 1.39. The first kappa shape index (κ1) is 22.2. The van der Waals surface area contributed by atoms with E-state index in [4.69, 9.17) is 9.84 Å². The van der Waals surface area contributed by atoms with Crippen LogP contribution in [0.15, 0.2) is 29.1 Å². The average molecular weight is 442 g/mol. The second-order valence-electron chi connectivity index (χ2n) is 6.61. The Morgan fingerprint density at radius 1 is 1.23 bits per heavy atom. The van der Waals surface area contributed by atoms with E-state index in [1.54, 1.807) is 0 Å². The SMILES string of the molecule is O=C(O)CNC(=O)c1c(O)c2c(n(Cc3ccc(OC(F)(F)F)cc3)c1=O)CCOC2. The number of carboxylic acid groups (broad SMARTS) is 1. The zero-order valence-electron chi connectivity index (χ0n) is 15.9. The maximum atomic E-state index is 13.0. The van der Waals surface area contributed by atoms with E-state index in [0.717, 1.165) is 12.1 Å². The highest BCUT2D eigenvalue weighted by Gasteiger charge is 2.31. The number of alkyl halides is 3. The Bertz CT molecular complexity index is 1060. The molecular formula is C19H17F3N2O7. The quantitative estimate of drug-likeness (QED) is 0.617. The molecule has 0 unspecified atom stereocenters. The Labute approximate surface area is 172 Å². The minimum absolute atomic E-state index is 0.0704. The fourth-order valence-electron chi connectivity index (χ4n) is 3.19. The molecule has 166 valence electrons. The van der Waals surface area contributed by atoms with E-state index in [0.29, 0.717) is 11.3 Å². The molecule has 0 bridgehead atoms. The molecule has 2 heterocycles. The lowest BCUT2D eigenvalue weighted by molar-refractivity contribution is -0.274. The number of carbonyl (C=O) groups is 2. The van der Waals surface area contributed by atoms with Gasteiger partial charge in [-0.1, -0.05) is 12.1 Å². The number of hydrogen-bond acceptors (Lipinski definition) is 6. The molecule has 3 rings (SSSR count). The van der Waals surface area contributed by atoms with Gasteiger partial charge in [0.2, 0.25) is 0 Å². The van der Waals surface area contributed by atoms with Crippen molar-refractivity contribution in [1.82, 2.24) is 9.88 Å². The molecule has 3 N–H and O–H groups in total. The zero-order valence-corrected chi connectivity index (χ0v) is 15.9. The van der Waals surface area contributed by atoms with Crippen molar-refractivity contribution in [2.45, 2.75) is 25.9 Å². The lowest BCUT2D eigenvalue weighted by atomic mass is 10.0. The van der Waals surface area contributed by atoms with Crippen LogP contribution in [0.25, 0.3) is 0 Å². The normalized spacial score (nSPS) is 13.4. The van der Waals surface area contributed by atoms with E-state index in [1.807, 2.05) is 5.32 Å². The standard InChI is InChI=1S/C19H17F3N2O7/c20-19(21,22)31-11-3-1-10(2-4-11)8-24-13-5-6-30-9-12(13)16(27)15(18(24)29)17(28)23-7-14(25)26/h1-4,27H,5-9H2,(H,23,28)(H,25,26). The summed E-state index contributed by atoms with van der Waals surface area (Å²) >= 11 is 0. The lowest BCUT2D eigenvalue weighted by Gasteiger charge is -2.24. The molecule has 0 spiro atoms. The number of nitrogens with one attached hydrogen (secondary N) is 1. The average Bonchev–Trinajstić information content (AvgIpc) is 2.70. The summed E-state index contributed by atoms with van der Waals surface area (Å²) in [6.45, 7) is -0.674. The topological polar surface area (TPSA) is 127 Å². The molecule has 0 radical (unpaired) electrons. The number of aromatic hydroxyl groups is 1. The van der Waals surface area contributed by atoms with Gasteiger partial charge in [0.1, 0.15) is 23.6 Å². The monoisotopic (exact) mass is 442 g/mol. The highest BCUT2D eigenvalue weighted by molar-refractivity contribution is 5.98. The van der Waals surface area contributed by atoms with E-state index in [-0.39, 0.29) is 31.7 Å². The van der Waals surface area contributed by atoms with Crippen molar-refractivity contribution >= 4 is 11.9 Å². The van der Waals surface area contributed by atoms with Crippen molar-refractivity contribution in [2.75, 3.05) is 13.2 Å². The van der Waals surface area contributed by atoms with Crippen LogP contribution in [0, 0.1) is 0 Å². The summed E-state index contributed by atoms with van der Waals surface area (Å²) in [6.07, 6.45) is -4.59. The van der Waals surface area contributed by atoms with E-state index in [1.165, 1.54) is 16.7 Å². The number of nitrogens with zero attached hydrogens (tertiary/aromatic N) is 1. The molecule has 1 aliphatic heterocycles. The van der Waals surface area contributed by atoms with Crippen LogP contribution in [0.4, 0.5) is 13.2 Å². The van der Waals surface area contributed by atoms with Crippen LogP contribution < -0.4 is 15.6 Å². The number of fused-ring (bicyclic) bond motifs is 1. The molecule has 9 nitrogen and oxygen atoms in total. The van der Waals surface area contributed by atoms with Crippen molar-refractivity contribution in [1.29, 1.82) is 0 Å². The van der Waals surface area contributed by atoms with Gasteiger partial charge in [-0.2, -0.15) is 0 Å². The van der Waals surface area contributed by atoms with Crippen LogP contribution in [-0.2, 0) is 29.1 Å². The number of carboxylic acids is 1. The van der Waals surface area contributed by atoms with E-state index >= 15 is 0 Å². The Morgan fingerprint density at radius 3 is 2.52 bits per heavy atom. The van der Waals surface area contributed by atoms with Crippen LogP contribution in [-0.4, -0.2) is 46.2 Å². The fraction of sp³-hybridized carbons (Fsp3) is 0.316. The van der Waals surface area contributed by atoms with Crippen LogP contribution >= 0.6 is 0 Å². The van der Waals surface area contributed by atoms with Crippen LogP contribution in [0.3, 0.4) is 0 Å². The molecule has 1 aromatic heterocycles. The number of aromatic nitrogens is 1. The second-order valence-corrected chi connectivity index (χ2v) is 6.61. The lowest BCUT2D eigenvalue weighted by Crippen LogP contribution is -2.38. The minimum atomic E-state index is -4.84. The molecule has 31 heavy (non-hydrogen) atoms. The van der Waals surface area contributed by atoms with Gasteiger partial charge in [0.15, 0.2) is 0 Å². The molecule has 1 amide bonds.